The molecule has 1 heterocycles. The lowest BCUT2D eigenvalue weighted by molar-refractivity contribution is -0.121. The second-order valence-electron chi connectivity index (χ2n) is 4.19. The lowest BCUT2D eigenvalue weighted by Crippen LogP contribution is -2.32. The molecule has 0 bridgehead atoms. The highest BCUT2D eigenvalue weighted by Gasteiger charge is 2.05. The highest BCUT2D eigenvalue weighted by Crippen LogP contribution is 2.07. The maximum atomic E-state index is 12.1. The summed E-state index contributed by atoms with van der Waals surface area (Å²) in [6.45, 7) is 2.70. The topological polar surface area (TPSA) is 51.1 Å². The van der Waals surface area contributed by atoms with Crippen molar-refractivity contribution < 1.29 is 4.79 Å². The van der Waals surface area contributed by atoms with Crippen molar-refractivity contribution in [3.63, 3.8) is 0 Å². The summed E-state index contributed by atoms with van der Waals surface area (Å²) >= 11 is 0. The Morgan fingerprint density at radius 3 is 2.83 bits per heavy atom. The molecule has 0 aliphatic heterocycles. The molecule has 0 aliphatic carbocycles. The van der Waals surface area contributed by atoms with Crippen LogP contribution < -0.4 is 10.9 Å². The minimum atomic E-state index is -0.130. The van der Waals surface area contributed by atoms with Gasteiger partial charge in [-0.25, -0.2) is 0 Å². The Hall–Kier alpha value is -2.10. The van der Waals surface area contributed by atoms with Crippen LogP contribution in [0.1, 0.15) is 13.3 Å². The van der Waals surface area contributed by atoms with E-state index < -0.39 is 0 Å². The molecular formula is C14H16N2O2. The van der Waals surface area contributed by atoms with Gasteiger partial charge in [-0.1, -0.05) is 25.1 Å². The normalized spacial score (nSPS) is 10.5. The first-order valence-electron chi connectivity index (χ1n) is 6.07. The number of carbonyl (C=O) groups is 1. The van der Waals surface area contributed by atoms with Crippen LogP contribution in [-0.2, 0) is 11.3 Å². The number of pyridine rings is 1. The zero-order valence-corrected chi connectivity index (χ0v) is 10.3. The molecule has 0 spiro atoms. The fourth-order valence-corrected chi connectivity index (χ4v) is 1.83. The molecule has 0 fully saturated rings. The summed E-state index contributed by atoms with van der Waals surface area (Å²) in [7, 11) is 0. The predicted molar refractivity (Wildman–Crippen MR) is 71.5 cm³/mol. The van der Waals surface area contributed by atoms with E-state index in [-0.39, 0.29) is 18.0 Å². The number of hydrogen-bond acceptors (Lipinski definition) is 2. The first-order valence-corrected chi connectivity index (χ1v) is 6.07. The maximum absolute atomic E-state index is 12.1. The van der Waals surface area contributed by atoms with Crippen LogP contribution in [-0.4, -0.2) is 17.0 Å². The number of nitrogens with one attached hydrogen (secondary N) is 1. The molecule has 18 heavy (non-hydrogen) atoms. The van der Waals surface area contributed by atoms with Crippen molar-refractivity contribution >= 4 is 16.7 Å². The van der Waals surface area contributed by atoms with Gasteiger partial charge in [-0.2, -0.15) is 0 Å². The number of amides is 1. The lowest BCUT2D eigenvalue weighted by Gasteiger charge is -2.07. The van der Waals surface area contributed by atoms with Crippen molar-refractivity contribution in [2.45, 2.75) is 19.9 Å². The zero-order chi connectivity index (χ0) is 13.0. The van der Waals surface area contributed by atoms with Crippen molar-refractivity contribution in [1.29, 1.82) is 0 Å². The van der Waals surface area contributed by atoms with E-state index in [0.29, 0.717) is 11.9 Å². The van der Waals surface area contributed by atoms with Crippen LogP contribution in [0.25, 0.3) is 10.8 Å². The van der Waals surface area contributed by atoms with Crippen LogP contribution in [0.5, 0.6) is 0 Å². The van der Waals surface area contributed by atoms with Gasteiger partial charge in [0.25, 0.3) is 5.56 Å². The van der Waals surface area contributed by atoms with Crippen LogP contribution in [0.2, 0.25) is 0 Å². The molecule has 0 radical (unpaired) electrons. The smallest absolute Gasteiger partial charge is 0.258 e. The third-order valence-electron chi connectivity index (χ3n) is 2.77. The third-order valence-corrected chi connectivity index (χ3v) is 2.77. The second-order valence-corrected chi connectivity index (χ2v) is 4.19. The summed E-state index contributed by atoms with van der Waals surface area (Å²) in [4.78, 5) is 23.7. The van der Waals surface area contributed by atoms with E-state index >= 15 is 0 Å². The second kappa shape index (κ2) is 5.49. The summed E-state index contributed by atoms with van der Waals surface area (Å²) in [5.41, 5.74) is -0.125. The average molecular weight is 244 g/mol. The van der Waals surface area contributed by atoms with Gasteiger partial charge in [0.2, 0.25) is 5.91 Å². The number of rotatable bonds is 4. The highest BCUT2D eigenvalue weighted by molar-refractivity contribution is 5.82. The molecule has 2 rings (SSSR count). The first kappa shape index (κ1) is 12.4. The average Bonchev–Trinajstić information content (AvgIpc) is 2.40. The quantitative estimate of drug-likeness (QED) is 0.886. The van der Waals surface area contributed by atoms with Crippen LogP contribution in [0.4, 0.5) is 0 Å². The monoisotopic (exact) mass is 244 g/mol. The van der Waals surface area contributed by atoms with Crippen LogP contribution >= 0.6 is 0 Å². The number of nitrogens with zero attached hydrogens (tertiary/aromatic N) is 1. The molecular weight excluding hydrogens is 228 g/mol. The van der Waals surface area contributed by atoms with Gasteiger partial charge in [-0.15, -0.1) is 0 Å². The van der Waals surface area contributed by atoms with E-state index in [4.69, 9.17) is 0 Å². The Bertz CT molecular complexity index is 616. The Labute approximate surface area is 105 Å². The van der Waals surface area contributed by atoms with Crippen LogP contribution in [0.3, 0.4) is 0 Å². The molecule has 0 saturated heterocycles. The standard InChI is InChI=1S/C14H16N2O2/c1-2-8-15-13(17)10-16-9-7-11-5-3-4-6-12(11)14(16)18/h3-7,9H,2,8,10H2,1H3,(H,15,17). The minimum Gasteiger partial charge on any atom is -0.355 e. The fraction of sp³-hybridized carbons (Fsp3) is 0.286. The van der Waals surface area contributed by atoms with Crippen molar-refractivity contribution in [3.05, 3.63) is 46.9 Å². The Morgan fingerprint density at radius 2 is 2.06 bits per heavy atom. The number of benzene rings is 1. The summed E-state index contributed by atoms with van der Waals surface area (Å²) < 4.78 is 1.44. The van der Waals surface area contributed by atoms with Crippen molar-refractivity contribution in [3.8, 4) is 0 Å². The summed E-state index contributed by atoms with van der Waals surface area (Å²) in [6, 6.07) is 9.23. The first-order chi connectivity index (χ1) is 8.72. The van der Waals surface area contributed by atoms with Gasteiger partial charge in [0.15, 0.2) is 0 Å². The van der Waals surface area contributed by atoms with E-state index in [1.54, 1.807) is 12.3 Å². The molecule has 4 nitrogen and oxygen atoms in total. The molecule has 1 N–H and O–H groups in total. The van der Waals surface area contributed by atoms with Gasteiger partial charge in [-0.3, -0.25) is 9.59 Å². The molecule has 0 saturated carbocycles. The maximum Gasteiger partial charge on any atom is 0.258 e. The van der Waals surface area contributed by atoms with E-state index in [1.165, 1.54) is 4.57 Å². The van der Waals surface area contributed by atoms with Crippen molar-refractivity contribution in [2.75, 3.05) is 6.54 Å². The van der Waals surface area contributed by atoms with Crippen LogP contribution in [0.15, 0.2) is 41.3 Å². The number of hydrogen-bond donors (Lipinski definition) is 1. The molecule has 1 aromatic heterocycles. The van der Waals surface area contributed by atoms with E-state index in [2.05, 4.69) is 5.32 Å². The van der Waals surface area contributed by atoms with E-state index in [0.717, 1.165) is 11.8 Å². The van der Waals surface area contributed by atoms with Gasteiger partial charge in [0.05, 0.1) is 0 Å². The van der Waals surface area contributed by atoms with Gasteiger partial charge < -0.3 is 9.88 Å². The van der Waals surface area contributed by atoms with Crippen molar-refractivity contribution in [2.24, 2.45) is 0 Å². The third kappa shape index (κ3) is 2.59. The molecule has 4 heteroatoms. The molecule has 0 aliphatic rings. The number of aromatic nitrogens is 1. The molecule has 1 amide bonds. The van der Waals surface area contributed by atoms with E-state index in [9.17, 15) is 9.59 Å². The van der Waals surface area contributed by atoms with Crippen LogP contribution in [0, 0.1) is 0 Å². The fourth-order valence-electron chi connectivity index (χ4n) is 1.83. The highest BCUT2D eigenvalue weighted by atomic mass is 16.2. The largest absolute Gasteiger partial charge is 0.355 e. The summed E-state index contributed by atoms with van der Waals surface area (Å²) in [6.07, 6.45) is 2.55. The minimum absolute atomic E-state index is 0.0731. The van der Waals surface area contributed by atoms with Gasteiger partial charge >= 0.3 is 0 Å². The summed E-state index contributed by atoms with van der Waals surface area (Å²) in [5, 5.41) is 4.30. The van der Waals surface area contributed by atoms with Gasteiger partial charge in [-0.05, 0) is 23.9 Å². The molecule has 94 valence electrons. The van der Waals surface area contributed by atoms with Gasteiger partial charge in [0, 0.05) is 18.1 Å². The Morgan fingerprint density at radius 1 is 1.28 bits per heavy atom. The zero-order valence-electron chi connectivity index (χ0n) is 10.3. The van der Waals surface area contributed by atoms with E-state index in [1.807, 2.05) is 31.2 Å². The Balaban J connectivity index is 2.27. The molecule has 0 atom stereocenters. The summed E-state index contributed by atoms with van der Waals surface area (Å²) in [5.74, 6) is -0.130. The molecule has 1 aromatic carbocycles. The SMILES string of the molecule is CCCNC(=O)Cn1ccc2ccccc2c1=O. The van der Waals surface area contributed by atoms with Crippen molar-refractivity contribution in [1.82, 2.24) is 9.88 Å². The predicted octanol–water partition coefficient (Wildman–Crippen LogP) is 1.53. The molecule has 0 unspecified atom stereocenters. The number of fused-ring (bicyclic) bond motifs is 1. The number of carbonyl (C=O) groups excluding carboxylic acids is 1. The Kier molecular flexibility index (Phi) is 3.77. The lowest BCUT2D eigenvalue weighted by atomic mass is 10.2. The van der Waals surface area contributed by atoms with Gasteiger partial charge in [0.1, 0.15) is 6.54 Å². The molecule has 2 aromatic rings.